The molecule has 2 rings (SSSR count). The van der Waals surface area contributed by atoms with Gasteiger partial charge in [-0.15, -0.1) is 11.3 Å². The van der Waals surface area contributed by atoms with Gasteiger partial charge < -0.3 is 9.47 Å². The number of hydrogen-bond donors (Lipinski definition) is 0. The average molecular weight is 184 g/mol. The molecule has 1 aliphatic heterocycles. The minimum atomic E-state index is 0.178. The summed E-state index contributed by atoms with van der Waals surface area (Å²) in [6, 6.07) is 1.96. The van der Waals surface area contributed by atoms with Crippen LogP contribution in [0, 0.1) is 0 Å². The van der Waals surface area contributed by atoms with Crippen LogP contribution in [-0.4, -0.2) is 12.2 Å². The van der Waals surface area contributed by atoms with Crippen LogP contribution in [0.1, 0.15) is 20.3 Å². The summed E-state index contributed by atoms with van der Waals surface area (Å²) in [6.45, 7) is 4.16. The summed E-state index contributed by atoms with van der Waals surface area (Å²) < 4.78 is 11.4. The molecule has 66 valence electrons. The Kier molecular flexibility index (Phi) is 1.97. The molecule has 1 aromatic heterocycles. The van der Waals surface area contributed by atoms with Gasteiger partial charge in [0.25, 0.3) is 0 Å². The second kappa shape index (κ2) is 2.98. The van der Waals surface area contributed by atoms with E-state index < -0.39 is 0 Å². The highest BCUT2D eigenvalue weighted by Crippen LogP contribution is 2.39. The largest absolute Gasteiger partial charge is 0.482 e. The van der Waals surface area contributed by atoms with Crippen LogP contribution in [0.15, 0.2) is 11.4 Å². The maximum Gasteiger partial charge on any atom is 0.217 e. The summed E-state index contributed by atoms with van der Waals surface area (Å²) in [5, 5.41) is 2.93. The summed E-state index contributed by atoms with van der Waals surface area (Å²) in [5.74, 6) is 0.900. The van der Waals surface area contributed by atoms with E-state index in [1.54, 1.807) is 11.3 Å². The lowest BCUT2D eigenvalue weighted by atomic mass is 10.1. The Morgan fingerprint density at radius 3 is 3.08 bits per heavy atom. The molecule has 0 spiro atoms. The fourth-order valence-electron chi connectivity index (χ4n) is 1.38. The van der Waals surface area contributed by atoms with Gasteiger partial charge in [0.15, 0.2) is 5.75 Å². The highest BCUT2D eigenvalue weighted by atomic mass is 32.1. The quantitative estimate of drug-likeness (QED) is 0.668. The molecule has 2 nitrogen and oxygen atoms in total. The van der Waals surface area contributed by atoms with Crippen LogP contribution in [0.2, 0.25) is 0 Å². The van der Waals surface area contributed by atoms with Gasteiger partial charge in [-0.25, -0.2) is 0 Å². The van der Waals surface area contributed by atoms with Gasteiger partial charge in [-0.3, -0.25) is 0 Å². The van der Waals surface area contributed by atoms with Crippen LogP contribution in [0.3, 0.4) is 0 Å². The van der Waals surface area contributed by atoms with Crippen molar-refractivity contribution >= 4 is 11.3 Å². The molecule has 12 heavy (non-hydrogen) atoms. The van der Waals surface area contributed by atoms with E-state index in [4.69, 9.17) is 9.47 Å². The molecule has 2 atom stereocenters. The minimum absolute atomic E-state index is 0.178. The summed E-state index contributed by atoms with van der Waals surface area (Å²) in [5.41, 5.74) is 0. The van der Waals surface area contributed by atoms with E-state index in [2.05, 4.69) is 13.8 Å². The summed E-state index contributed by atoms with van der Waals surface area (Å²) >= 11 is 1.60. The molecule has 0 N–H and O–H groups in total. The zero-order chi connectivity index (χ0) is 8.55. The molecule has 0 aliphatic carbocycles. The first kappa shape index (κ1) is 7.92. The second-order valence-electron chi connectivity index (χ2n) is 2.96. The number of fused-ring (bicyclic) bond motifs is 1. The SMILES string of the molecule is CCC1Oc2sccc2OC1C. The molecule has 0 aromatic carbocycles. The number of hydrogen-bond acceptors (Lipinski definition) is 3. The van der Waals surface area contributed by atoms with Crippen LogP contribution in [0.5, 0.6) is 10.8 Å². The molecule has 0 saturated carbocycles. The van der Waals surface area contributed by atoms with Crippen molar-refractivity contribution in [1.82, 2.24) is 0 Å². The first-order valence-corrected chi connectivity index (χ1v) is 5.10. The smallest absolute Gasteiger partial charge is 0.217 e. The van der Waals surface area contributed by atoms with E-state index in [-0.39, 0.29) is 12.2 Å². The first-order valence-electron chi connectivity index (χ1n) is 4.22. The Balaban J connectivity index is 2.23. The lowest BCUT2D eigenvalue weighted by Gasteiger charge is -2.29. The minimum Gasteiger partial charge on any atom is -0.482 e. The molecule has 0 radical (unpaired) electrons. The first-order chi connectivity index (χ1) is 5.81. The molecule has 3 heteroatoms. The predicted molar refractivity (Wildman–Crippen MR) is 49.1 cm³/mol. The van der Waals surface area contributed by atoms with Gasteiger partial charge in [0.2, 0.25) is 5.06 Å². The standard InChI is InChI=1S/C9H12O2S/c1-3-7-6(2)10-8-4-5-12-9(8)11-7/h4-7H,3H2,1-2H3. The third-order valence-corrected chi connectivity index (χ3v) is 2.88. The lowest BCUT2D eigenvalue weighted by Crippen LogP contribution is -2.36. The number of thiophene rings is 1. The van der Waals surface area contributed by atoms with Gasteiger partial charge in [0.05, 0.1) is 0 Å². The number of ether oxygens (including phenoxy) is 2. The Hall–Kier alpha value is -0.700. The summed E-state index contributed by atoms with van der Waals surface area (Å²) in [4.78, 5) is 0. The van der Waals surface area contributed by atoms with Gasteiger partial charge in [-0.1, -0.05) is 6.92 Å². The fourth-order valence-corrected chi connectivity index (χ4v) is 2.11. The lowest BCUT2D eigenvalue weighted by molar-refractivity contribution is 0.0340. The molecular formula is C9H12O2S. The van der Waals surface area contributed by atoms with E-state index in [1.807, 2.05) is 11.4 Å². The highest BCUT2D eigenvalue weighted by molar-refractivity contribution is 7.12. The van der Waals surface area contributed by atoms with Gasteiger partial charge >= 0.3 is 0 Å². The molecule has 0 amide bonds. The summed E-state index contributed by atoms with van der Waals surface area (Å²) in [7, 11) is 0. The van der Waals surface area contributed by atoms with Crippen molar-refractivity contribution in [1.29, 1.82) is 0 Å². The topological polar surface area (TPSA) is 18.5 Å². The second-order valence-corrected chi connectivity index (χ2v) is 3.84. The van der Waals surface area contributed by atoms with Gasteiger partial charge in [0.1, 0.15) is 12.2 Å². The van der Waals surface area contributed by atoms with E-state index >= 15 is 0 Å². The van der Waals surface area contributed by atoms with Gasteiger partial charge in [-0.05, 0) is 24.8 Å². The maximum atomic E-state index is 5.73. The van der Waals surface area contributed by atoms with Crippen molar-refractivity contribution in [3.63, 3.8) is 0 Å². The molecule has 0 bridgehead atoms. The number of rotatable bonds is 1. The fraction of sp³-hybridized carbons (Fsp3) is 0.556. The monoisotopic (exact) mass is 184 g/mol. The molecule has 2 heterocycles. The summed E-state index contributed by atoms with van der Waals surface area (Å²) in [6.07, 6.45) is 1.40. The highest BCUT2D eigenvalue weighted by Gasteiger charge is 2.27. The van der Waals surface area contributed by atoms with Crippen molar-refractivity contribution in [2.24, 2.45) is 0 Å². The normalized spacial score (nSPS) is 27.2. The van der Waals surface area contributed by atoms with Crippen molar-refractivity contribution in [3.05, 3.63) is 11.4 Å². The maximum absolute atomic E-state index is 5.73. The zero-order valence-electron chi connectivity index (χ0n) is 7.24. The molecular weight excluding hydrogens is 172 g/mol. The molecule has 0 saturated heterocycles. The Morgan fingerprint density at radius 2 is 2.33 bits per heavy atom. The van der Waals surface area contributed by atoms with E-state index in [9.17, 15) is 0 Å². The average Bonchev–Trinajstić information content (AvgIpc) is 2.49. The Morgan fingerprint density at radius 1 is 1.50 bits per heavy atom. The van der Waals surface area contributed by atoms with Crippen LogP contribution < -0.4 is 9.47 Å². The van der Waals surface area contributed by atoms with E-state index in [1.165, 1.54) is 0 Å². The van der Waals surface area contributed by atoms with Crippen LogP contribution >= 0.6 is 11.3 Å². The van der Waals surface area contributed by atoms with E-state index in [0.717, 1.165) is 17.2 Å². The van der Waals surface area contributed by atoms with Crippen LogP contribution in [0.25, 0.3) is 0 Å². The van der Waals surface area contributed by atoms with Crippen molar-refractivity contribution < 1.29 is 9.47 Å². The molecule has 1 aliphatic rings. The van der Waals surface area contributed by atoms with Crippen LogP contribution in [-0.2, 0) is 0 Å². The van der Waals surface area contributed by atoms with Crippen molar-refractivity contribution in [3.8, 4) is 10.8 Å². The van der Waals surface area contributed by atoms with Crippen molar-refractivity contribution in [2.75, 3.05) is 0 Å². The molecule has 1 aromatic rings. The Labute approximate surface area is 76.1 Å². The van der Waals surface area contributed by atoms with E-state index in [0.29, 0.717) is 0 Å². The van der Waals surface area contributed by atoms with Crippen LogP contribution in [0.4, 0.5) is 0 Å². The third kappa shape index (κ3) is 1.18. The molecule has 2 unspecified atom stereocenters. The van der Waals surface area contributed by atoms with Gasteiger partial charge in [-0.2, -0.15) is 0 Å². The van der Waals surface area contributed by atoms with Gasteiger partial charge in [0, 0.05) is 0 Å². The Bertz CT molecular complexity index is 269. The molecule has 0 fully saturated rings. The predicted octanol–water partition coefficient (Wildman–Crippen LogP) is 2.69. The zero-order valence-corrected chi connectivity index (χ0v) is 8.06. The van der Waals surface area contributed by atoms with Crippen molar-refractivity contribution in [2.45, 2.75) is 32.5 Å². The third-order valence-electron chi connectivity index (χ3n) is 2.09.